The topological polar surface area (TPSA) is 59.1 Å². The highest BCUT2D eigenvalue weighted by molar-refractivity contribution is 5.77. The van der Waals surface area contributed by atoms with Gasteiger partial charge in [0, 0.05) is 13.1 Å². The predicted octanol–water partition coefficient (Wildman–Crippen LogP) is 1.10. The first-order valence-corrected chi connectivity index (χ1v) is 6.58. The lowest BCUT2D eigenvalue weighted by Gasteiger charge is -2.39. The minimum Gasteiger partial charge on any atom is -0.468 e. The van der Waals surface area contributed by atoms with Gasteiger partial charge in [-0.15, -0.1) is 0 Å². The maximum atomic E-state index is 12.0. The van der Waals surface area contributed by atoms with E-state index in [0.717, 1.165) is 6.54 Å². The summed E-state index contributed by atoms with van der Waals surface area (Å²) in [5.74, 6) is -0.310. The molecule has 1 atom stereocenters. The number of nitrogens with zero attached hydrogens (tertiary/aromatic N) is 2. The highest BCUT2D eigenvalue weighted by atomic mass is 16.6. The van der Waals surface area contributed by atoms with Crippen LogP contribution in [-0.4, -0.2) is 66.8 Å². The van der Waals surface area contributed by atoms with Gasteiger partial charge in [0.25, 0.3) is 0 Å². The van der Waals surface area contributed by atoms with Gasteiger partial charge in [0.1, 0.15) is 11.6 Å². The van der Waals surface area contributed by atoms with Crippen LogP contribution in [0.5, 0.6) is 0 Å². The SMILES string of the molecule is CCN1CCN(C(=O)OC(C)(C)C)CC1C(=O)OC. The van der Waals surface area contributed by atoms with Crippen LogP contribution in [0.15, 0.2) is 0 Å². The number of ether oxygens (including phenoxy) is 2. The standard InChI is InChI=1S/C13H24N2O4/c1-6-14-7-8-15(9-10(14)11(16)18-5)12(17)19-13(2,3)4/h10H,6-9H2,1-5H3. The molecular weight excluding hydrogens is 248 g/mol. The van der Waals surface area contributed by atoms with Gasteiger partial charge >= 0.3 is 12.1 Å². The van der Waals surface area contributed by atoms with Crippen LogP contribution in [-0.2, 0) is 14.3 Å². The number of methoxy groups -OCH3 is 1. The minimum atomic E-state index is -0.528. The predicted molar refractivity (Wildman–Crippen MR) is 70.9 cm³/mol. The van der Waals surface area contributed by atoms with E-state index in [4.69, 9.17) is 9.47 Å². The number of hydrogen-bond donors (Lipinski definition) is 0. The van der Waals surface area contributed by atoms with Crippen molar-refractivity contribution in [1.29, 1.82) is 0 Å². The Morgan fingerprint density at radius 2 is 1.89 bits per heavy atom. The first-order valence-electron chi connectivity index (χ1n) is 6.58. The van der Waals surface area contributed by atoms with Gasteiger partial charge in [-0.2, -0.15) is 0 Å². The molecule has 110 valence electrons. The Kier molecular flexibility index (Phi) is 5.17. The molecule has 6 heteroatoms. The number of hydrogen-bond acceptors (Lipinski definition) is 5. The van der Waals surface area contributed by atoms with Crippen LogP contribution in [0, 0.1) is 0 Å². The Morgan fingerprint density at radius 3 is 2.37 bits per heavy atom. The highest BCUT2D eigenvalue weighted by Gasteiger charge is 2.35. The molecule has 0 bridgehead atoms. The molecule has 0 aromatic heterocycles. The zero-order valence-electron chi connectivity index (χ0n) is 12.4. The molecular formula is C13H24N2O4. The van der Waals surface area contributed by atoms with Crippen molar-refractivity contribution in [3.63, 3.8) is 0 Å². The molecule has 0 aromatic rings. The van der Waals surface area contributed by atoms with Gasteiger partial charge in [-0.25, -0.2) is 4.79 Å². The Labute approximate surface area is 114 Å². The summed E-state index contributed by atoms with van der Waals surface area (Å²) in [6.07, 6.45) is -0.378. The average Bonchev–Trinajstić information content (AvgIpc) is 2.35. The molecule has 0 radical (unpaired) electrons. The van der Waals surface area contributed by atoms with Crippen molar-refractivity contribution in [1.82, 2.24) is 9.80 Å². The van der Waals surface area contributed by atoms with Crippen LogP contribution >= 0.6 is 0 Å². The summed E-state index contributed by atoms with van der Waals surface area (Å²) in [4.78, 5) is 27.3. The van der Waals surface area contributed by atoms with Crippen LogP contribution in [0.4, 0.5) is 4.79 Å². The smallest absolute Gasteiger partial charge is 0.410 e. The third-order valence-corrected chi connectivity index (χ3v) is 3.02. The first-order chi connectivity index (χ1) is 8.78. The monoisotopic (exact) mass is 272 g/mol. The zero-order valence-corrected chi connectivity index (χ0v) is 12.4. The summed E-state index contributed by atoms with van der Waals surface area (Å²) in [5, 5.41) is 0. The van der Waals surface area contributed by atoms with E-state index in [0.29, 0.717) is 19.6 Å². The van der Waals surface area contributed by atoms with Crippen molar-refractivity contribution in [3.05, 3.63) is 0 Å². The molecule has 1 saturated heterocycles. The molecule has 1 aliphatic heterocycles. The van der Waals surface area contributed by atoms with E-state index in [1.807, 2.05) is 32.6 Å². The van der Waals surface area contributed by atoms with E-state index in [2.05, 4.69) is 0 Å². The van der Waals surface area contributed by atoms with Crippen LogP contribution in [0.1, 0.15) is 27.7 Å². The van der Waals surface area contributed by atoms with E-state index in [-0.39, 0.29) is 12.1 Å². The maximum Gasteiger partial charge on any atom is 0.410 e. The molecule has 1 amide bonds. The molecule has 1 unspecified atom stereocenters. The molecule has 0 aromatic carbocycles. The number of rotatable bonds is 2. The second kappa shape index (κ2) is 6.23. The second-order valence-electron chi connectivity index (χ2n) is 5.59. The van der Waals surface area contributed by atoms with Gasteiger partial charge in [-0.3, -0.25) is 9.69 Å². The van der Waals surface area contributed by atoms with Crippen molar-refractivity contribution in [2.24, 2.45) is 0 Å². The van der Waals surface area contributed by atoms with Crippen molar-refractivity contribution in [2.45, 2.75) is 39.3 Å². The molecule has 0 saturated carbocycles. The Balaban J connectivity index is 2.69. The lowest BCUT2D eigenvalue weighted by molar-refractivity contribution is -0.149. The Hall–Kier alpha value is -1.30. The lowest BCUT2D eigenvalue weighted by Crippen LogP contribution is -2.58. The van der Waals surface area contributed by atoms with Gasteiger partial charge in [0.05, 0.1) is 13.7 Å². The summed E-state index contributed by atoms with van der Waals surface area (Å²) >= 11 is 0. The van der Waals surface area contributed by atoms with E-state index in [9.17, 15) is 9.59 Å². The molecule has 19 heavy (non-hydrogen) atoms. The minimum absolute atomic E-state index is 0.310. The van der Waals surface area contributed by atoms with E-state index in [1.165, 1.54) is 7.11 Å². The van der Waals surface area contributed by atoms with E-state index >= 15 is 0 Å². The Morgan fingerprint density at radius 1 is 1.26 bits per heavy atom. The molecule has 1 aliphatic rings. The average molecular weight is 272 g/mol. The van der Waals surface area contributed by atoms with Gasteiger partial charge in [-0.05, 0) is 27.3 Å². The number of carbonyl (C=O) groups is 2. The van der Waals surface area contributed by atoms with Crippen LogP contribution in [0.3, 0.4) is 0 Å². The van der Waals surface area contributed by atoms with Gasteiger partial charge in [-0.1, -0.05) is 6.92 Å². The zero-order chi connectivity index (χ0) is 14.6. The first kappa shape index (κ1) is 15.8. The van der Waals surface area contributed by atoms with Crippen LogP contribution in [0.2, 0.25) is 0 Å². The summed E-state index contributed by atoms with van der Waals surface area (Å²) < 4.78 is 10.1. The highest BCUT2D eigenvalue weighted by Crippen LogP contribution is 2.15. The summed E-state index contributed by atoms with van der Waals surface area (Å²) in [6.45, 7) is 9.74. The number of amides is 1. The fourth-order valence-electron chi connectivity index (χ4n) is 2.05. The van der Waals surface area contributed by atoms with Crippen molar-refractivity contribution < 1.29 is 19.1 Å². The largest absolute Gasteiger partial charge is 0.468 e. The third-order valence-electron chi connectivity index (χ3n) is 3.02. The normalized spacial score (nSPS) is 21.1. The molecule has 0 spiro atoms. The lowest BCUT2D eigenvalue weighted by atomic mass is 10.1. The Bertz CT molecular complexity index is 338. The summed E-state index contributed by atoms with van der Waals surface area (Å²) in [7, 11) is 1.36. The number of esters is 1. The second-order valence-corrected chi connectivity index (χ2v) is 5.59. The van der Waals surface area contributed by atoms with Gasteiger partial charge in [0.2, 0.25) is 0 Å². The number of likely N-dealkylation sites (N-methyl/N-ethyl adjacent to an activating group) is 1. The molecule has 1 rings (SSSR count). The fourth-order valence-corrected chi connectivity index (χ4v) is 2.05. The van der Waals surface area contributed by atoms with Crippen LogP contribution < -0.4 is 0 Å². The van der Waals surface area contributed by atoms with Gasteiger partial charge < -0.3 is 14.4 Å². The molecule has 6 nitrogen and oxygen atoms in total. The quantitative estimate of drug-likeness (QED) is 0.705. The molecule has 0 N–H and O–H groups in total. The molecule has 1 heterocycles. The maximum absolute atomic E-state index is 12.0. The van der Waals surface area contributed by atoms with Crippen molar-refractivity contribution in [3.8, 4) is 0 Å². The van der Waals surface area contributed by atoms with E-state index < -0.39 is 11.6 Å². The fraction of sp³-hybridized carbons (Fsp3) is 0.846. The van der Waals surface area contributed by atoms with Crippen LogP contribution in [0.25, 0.3) is 0 Å². The third kappa shape index (κ3) is 4.38. The summed E-state index contributed by atoms with van der Waals surface area (Å²) in [6, 6.07) is -0.406. The summed E-state index contributed by atoms with van der Waals surface area (Å²) in [5.41, 5.74) is -0.528. The molecule has 0 aliphatic carbocycles. The van der Waals surface area contributed by atoms with Crippen molar-refractivity contribution in [2.75, 3.05) is 33.3 Å². The van der Waals surface area contributed by atoms with E-state index in [1.54, 1.807) is 4.90 Å². The number of carbonyl (C=O) groups excluding carboxylic acids is 2. The van der Waals surface area contributed by atoms with Gasteiger partial charge in [0.15, 0.2) is 0 Å². The van der Waals surface area contributed by atoms with Crippen molar-refractivity contribution >= 4 is 12.1 Å². The molecule has 1 fully saturated rings. The number of piperazine rings is 1.